The number of primary amides is 1. The number of rotatable bonds is 5. The van der Waals surface area contributed by atoms with E-state index in [1.165, 1.54) is 12.3 Å². The third-order valence-corrected chi connectivity index (χ3v) is 1.97. The number of amides is 1. The molecule has 0 aromatic carbocycles. The monoisotopic (exact) mass is 212 g/mol. The normalized spacial score (nSPS) is 14.5. The van der Waals surface area contributed by atoms with Gasteiger partial charge in [-0.1, -0.05) is 0 Å². The van der Waals surface area contributed by atoms with E-state index in [4.69, 9.17) is 5.73 Å². The fourth-order valence-electron chi connectivity index (χ4n) is 1.21. The summed E-state index contributed by atoms with van der Waals surface area (Å²) in [5.74, 6) is -0.701. The van der Waals surface area contributed by atoms with Gasteiger partial charge in [0.1, 0.15) is 6.10 Å². The lowest BCUT2D eigenvalue weighted by molar-refractivity contribution is -0.121. The minimum Gasteiger partial charge on any atom is -0.390 e. The Morgan fingerprint density at radius 3 is 2.73 bits per heavy atom. The van der Waals surface area contributed by atoms with Gasteiger partial charge >= 0.3 is 0 Å². The Hall–Kier alpha value is -1.66. The van der Waals surface area contributed by atoms with Crippen LogP contribution in [0.2, 0.25) is 0 Å². The van der Waals surface area contributed by atoms with Gasteiger partial charge in [0.2, 0.25) is 5.91 Å². The molecule has 2 atom stereocenters. The van der Waals surface area contributed by atoms with Crippen molar-refractivity contribution in [2.75, 3.05) is 0 Å². The van der Waals surface area contributed by atoms with Gasteiger partial charge < -0.3 is 20.9 Å². The van der Waals surface area contributed by atoms with Crippen LogP contribution in [-0.4, -0.2) is 33.5 Å². The molecule has 0 aliphatic rings. The van der Waals surface area contributed by atoms with Crippen LogP contribution >= 0.6 is 0 Å². The molecule has 0 bridgehead atoms. The molecular weight excluding hydrogens is 200 g/mol. The molecule has 0 radical (unpaired) electrons. The van der Waals surface area contributed by atoms with Gasteiger partial charge in [0.25, 0.3) is 0 Å². The number of aromatic amines is 1. The Kier molecular flexibility index (Phi) is 3.59. The van der Waals surface area contributed by atoms with Crippen molar-refractivity contribution in [1.82, 2.24) is 4.98 Å². The molecular formula is C9H12N2O4. The highest BCUT2D eigenvalue weighted by atomic mass is 16.3. The van der Waals surface area contributed by atoms with Gasteiger partial charge in [-0.2, -0.15) is 0 Å². The second-order valence-electron chi connectivity index (χ2n) is 3.19. The highest BCUT2D eigenvalue weighted by molar-refractivity contribution is 5.74. The first-order chi connectivity index (χ1) is 7.04. The van der Waals surface area contributed by atoms with Crippen LogP contribution in [0.4, 0.5) is 0 Å². The van der Waals surface area contributed by atoms with Crippen molar-refractivity contribution in [2.24, 2.45) is 5.73 Å². The molecule has 1 rings (SSSR count). The third-order valence-electron chi connectivity index (χ3n) is 1.97. The molecule has 0 saturated heterocycles. The van der Waals surface area contributed by atoms with Crippen molar-refractivity contribution in [3.05, 3.63) is 23.5 Å². The maximum Gasteiger partial charge on any atom is 0.220 e. The third kappa shape index (κ3) is 2.90. The number of carbonyl (C=O) groups excluding carboxylic acids is 2. The summed E-state index contributed by atoms with van der Waals surface area (Å²) in [5.41, 5.74) is 5.49. The summed E-state index contributed by atoms with van der Waals surface area (Å²) in [5, 5.41) is 18.9. The van der Waals surface area contributed by atoms with Crippen LogP contribution in [0.3, 0.4) is 0 Å². The molecule has 0 spiro atoms. The van der Waals surface area contributed by atoms with Gasteiger partial charge in [-0.05, 0) is 6.07 Å². The second kappa shape index (κ2) is 4.72. The number of nitrogens with two attached hydrogens (primary N) is 1. The number of H-pyrrole nitrogens is 1. The summed E-state index contributed by atoms with van der Waals surface area (Å²) in [6, 6.07) is 1.39. The summed E-state index contributed by atoms with van der Waals surface area (Å²) in [6.07, 6.45) is -0.863. The van der Waals surface area contributed by atoms with E-state index in [9.17, 15) is 19.8 Å². The molecule has 6 nitrogen and oxygen atoms in total. The molecule has 6 heteroatoms. The van der Waals surface area contributed by atoms with Gasteiger partial charge in [-0.25, -0.2) is 0 Å². The van der Waals surface area contributed by atoms with Crippen molar-refractivity contribution >= 4 is 12.2 Å². The van der Waals surface area contributed by atoms with Crippen molar-refractivity contribution in [3.8, 4) is 0 Å². The van der Waals surface area contributed by atoms with Crippen molar-refractivity contribution in [3.63, 3.8) is 0 Å². The maximum absolute atomic E-state index is 10.5. The fraction of sp³-hybridized carbons (Fsp3) is 0.333. The average Bonchev–Trinajstić information content (AvgIpc) is 2.63. The number of aldehydes is 1. The molecule has 1 aromatic heterocycles. The molecule has 0 aliphatic carbocycles. The molecule has 0 aliphatic heterocycles. The smallest absolute Gasteiger partial charge is 0.220 e. The van der Waals surface area contributed by atoms with Crippen molar-refractivity contribution in [1.29, 1.82) is 0 Å². The van der Waals surface area contributed by atoms with E-state index in [0.29, 0.717) is 11.8 Å². The topological polar surface area (TPSA) is 116 Å². The predicted molar refractivity (Wildman–Crippen MR) is 51.0 cm³/mol. The number of aliphatic hydroxyl groups is 2. The van der Waals surface area contributed by atoms with Crippen LogP contribution < -0.4 is 5.73 Å². The summed E-state index contributed by atoms with van der Waals surface area (Å²) in [7, 11) is 0. The Morgan fingerprint density at radius 1 is 1.60 bits per heavy atom. The van der Waals surface area contributed by atoms with Crippen LogP contribution in [0.5, 0.6) is 0 Å². The number of hydrogen-bond acceptors (Lipinski definition) is 4. The van der Waals surface area contributed by atoms with E-state index in [1.807, 2.05) is 0 Å². The first kappa shape index (κ1) is 11.4. The molecule has 0 fully saturated rings. The Bertz CT molecular complexity index is 361. The highest BCUT2D eigenvalue weighted by Crippen LogP contribution is 2.19. The summed E-state index contributed by atoms with van der Waals surface area (Å²) >= 11 is 0. The number of aliphatic hydroxyl groups excluding tert-OH is 2. The van der Waals surface area contributed by atoms with E-state index in [2.05, 4.69) is 4.98 Å². The first-order valence-corrected chi connectivity index (χ1v) is 4.32. The van der Waals surface area contributed by atoms with Gasteiger partial charge in [0.15, 0.2) is 6.29 Å². The molecule has 15 heavy (non-hydrogen) atoms. The summed E-state index contributed by atoms with van der Waals surface area (Å²) in [4.78, 5) is 23.4. The maximum atomic E-state index is 10.5. The molecule has 5 N–H and O–H groups in total. The molecule has 1 heterocycles. The van der Waals surface area contributed by atoms with Gasteiger partial charge in [-0.15, -0.1) is 0 Å². The van der Waals surface area contributed by atoms with E-state index >= 15 is 0 Å². The number of aromatic nitrogens is 1. The zero-order valence-electron chi connectivity index (χ0n) is 7.88. The fourth-order valence-corrected chi connectivity index (χ4v) is 1.21. The molecule has 82 valence electrons. The van der Waals surface area contributed by atoms with Crippen LogP contribution in [0.15, 0.2) is 12.3 Å². The highest BCUT2D eigenvalue weighted by Gasteiger charge is 2.21. The molecule has 0 saturated carbocycles. The van der Waals surface area contributed by atoms with Crippen LogP contribution in [-0.2, 0) is 4.79 Å². The Labute approximate surface area is 85.7 Å². The van der Waals surface area contributed by atoms with E-state index in [1.54, 1.807) is 0 Å². The predicted octanol–water partition coefficient (Wildman–Crippen LogP) is -0.903. The number of nitrogens with one attached hydrogen (secondary N) is 1. The van der Waals surface area contributed by atoms with E-state index < -0.39 is 18.1 Å². The average molecular weight is 212 g/mol. The molecule has 1 aromatic rings. The Balaban J connectivity index is 2.70. The quantitative estimate of drug-likeness (QED) is 0.473. The zero-order chi connectivity index (χ0) is 11.4. The first-order valence-electron chi connectivity index (χ1n) is 4.32. The Morgan fingerprint density at radius 2 is 2.27 bits per heavy atom. The number of hydrogen-bond donors (Lipinski definition) is 4. The lowest BCUT2D eigenvalue weighted by Gasteiger charge is -2.14. The zero-order valence-corrected chi connectivity index (χ0v) is 7.88. The van der Waals surface area contributed by atoms with Crippen LogP contribution in [0.1, 0.15) is 28.6 Å². The summed E-state index contributed by atoms with van der Waals surface area (Å²) < 4.78 is 0. The van der Waals surface area contributed by atoms with E-state index in [-0.39, 0.29) is 12.1 Å². The van der Waals surface area contributed by atoms with Crippen molar-refractivity contribution in [2.45, 2.75) is 18.6 Å². The lowest BCUT2D eigenvalue weighted by atomic mass is 10.0. The van der Waals surface area contributed by atoms with Gasteiger partial charge in [0.05, 0.1) is 18.2 Å². The van der Waals surface area contributed by atoms with Gasteiger partial charge in [0, 0.05) is 11.8 Å². The second-order valence-corrected chi connectivity index (χ2v) is 3.19. The number of carbonyl (C=O) groups is 2. The molecule has 2 unspecified atom stereocenters. The largest absolute Gasteiger partial charge is 0.390 e. The van der Waals surface area contributed by atoms with Crippen molar-refractivity contribution < 1.29 is 19.8 Å². The lowest BCUT2D eigenvalue weighted by Crippen LogP contribution is -2.25. The minimum atomic E-state index is -1.27. The van der Waals surface area contributed by atoms with Gasteiger partial charge in [-0.3, -0.25) is 9.59 Å². The summed E-state index contributed by atoms with van der Waals surface area (Å²) in [6.45, 7) is 0. The van der Waals surface area contributed by atoms with Crippen LogP contribution in [0.25, 0.3) is 0 Å². The standard InChI is InChI=1S/C9H12N2O4/c10-8(14)2-7(13)9(15)5-1-6(4-12)11-3-5/h1,3-4,7,9,11,13,15H,2H2,(H2,10,14). The minimum absolute atomic E-state index is 0.287. The van der Waals surface area contributed by atoms with E-state index in [0.717, 1.165) is 0 Å². The van der Waals surface area contributed by atoms with Crippen LogP contribution in [0, 0.1) is 0 Å². The molecule has 1 amide bonds. The SMILES string of the molecule is NC(=O)CC(O)C(O)c1c[nH]c(C=O)c1.